The van der Waals surface area contributed by atoms with Crippen molar-refractivity contribution in [1.82, 2.24) is 19.6 Å². The van der Waals surface area contributed by atoms with Crippen molar-refractivity contribution >= 4 is 46.6 Å². The van der Waals surface area contributed by atoms with E-state index >= 15 is 0 Å². The molecule has 0 amide bonds. The summed E-state index contributed by atoms with van der Waals surface area (Å²) in [4.78, 5) is 13.7. The van der Waals surface area contributed by atoms with Crippen LogP contribution in [0, 0.1) is 0 Å². The largest absolute Gasteiger partial charge is 0.378 e. The summed E-state index contributed by atoms with van der Waals surface area (Å²) in [6.07, 6.45) is 7.59. The van der Waals surface area contributed by atoms with Crippen LogP contribution in [0.4, 0.5) is 5.13 Å². The molecule has 1 N–H and O–H groups in total. The Bertz CT molecular complexity index is 570. The van der Waals surface area contributed by atoms with E-state index in [4.69, 9.17) is 4.74 Å². The van der Waals surface area contributed by atoms with Crippen molar-refractivity contribution < 1.29 is 4.74 Å². The van der Waals surface area contributed by atoms with Crippen molar-refractivity contribution in [1.29, 1.82) is 0 Å². The zero-order valence-electron chi connectivity index (χ0n) is 16.5. The van der Waals surface area contributed by atoms with Crippen molar-refractivity contribution in [2.45, 2.75) is 51.6 Å². The standard InChI is InChI=1S/C18H32N6OS.HI/c1-3-16-21-18(26-22-16)24-12-10-23(11-13-24)17(19-2)20-9-6-14-25-15-7-4-5-8-15;/h15H,3-14H2,1-2H3,(H,19,20);1H. The number of aromatic nitrogens is 2. The number of nitrogens with zero attached hydrogens (tertiary/aromatic N) is 5. The predicted octanol–water partition coefficient (Wildman–Crippen LogP) is 2.77. The van der Waals surface area contributed by atoms with Crippen LogP contribution in [0.3, 0.4) is 0 Å². The Kier molecular flexibility index (Phi) is 10.1. The molecule has 0 bridgehead atoms. The number of rotatable bonds is 7. The van der Waals surface area contributed by atoms with E-state index < -0.39 is 0 Å². The highest BCUT2D eigenvalue weighted by atomic mass is 127. The molecule has 0 radical (unpaired) electrons. The number of guanidine groups is 1. The molecule has 2 heterocycles. The van der Waals surface area contributed by atoms with Gasteiger partial charge in [-0.15, -0.1) is 24.0 Å². The second-order valence-corrected chi connectivity index (χ2v) is 7.66. The molecule has 7 nitrogen and oxygen atoms in total. The van der Waals surface area contributed by atoms with Gasteiger partial charge in [-0.2, -0.15) is 4.37 Å². The molecule has 0 aromatic carbocycles. The summed E-state index contributed by atoms with van der Waals surface area (Å²) in [7, 11) is 1.86. The first-order valence-corrected chi connectivity index (χ1v) is 10.7. The average molecular weight is 508 g/mol. The molecule has 1 aromatic heterocycles. The number of aliphatic imine (C=N–C) groups is 1. The Balaban J connectivity index is 0.00000261. The summed E-state index contributed by atoms with van der Waals surface area (Å²) >= 11 is 1.51. The molecule has 1 aromatic rings. The summed E-state index contributed by atoms with van der Waals surface area (Å²) in [6.45, 7) is 7.69. The van der Waals surface area contributed by atoms with Gasteiger partial charge in [0.15, 0.2) is 5.96 Å². The van der Waals surface area contributed by atoms with Crippen molar-refractivity contribution in [3.05, 3.63) is 5.82 Å². The van der Waals surface area contributed by atoms with Crippen LogP contribution < -0.4 is 10.2 Å². The molecule has 1 saturated carbocycles. The Labute approximate surface area is 184 Å². The van der Waals surface area contributed by atoms with Crippen LogP contribution in [0.1, 0.15) is 44.9 Å². The highest BCUT2D eigenvalue weighted by molar-refractivity contribution is 14.0. The van der Waals surface area contributed by atoms with E-state index in [0.29, 0.717) is 6.10 Å². The molecular weight excluding hydrogens is 475 g/mol. The highest BCUT2D eigenvalue weighted by Gasteiger charge is 2.22. The van der Waals surface area contributed by atoms with E-state index in [9.17, 15) is 0 Å². The van der Waals surface area contributed by atoms with Crippen LogP contribution in [0.2, 0.25) is 0 Å². The van der Waals surface area contributed by atoms with Crippen LogP contribution in [0.25, 0.3) is 0 Å². The van der Waals surface area contributed by atoms with Gasteiger partial charge < -0.3 is 19.9 Å². The van der Waals surface area contributed by atoms with Crippen molar-refractivity contribution in [3.8, 4) is 0 Å². The fourth-order valence-electron chi connectivity index (χ4n) is 3.54. The molecule has 0 atom stereocenters. The molecule has 9 heteroatoms. The highest BCUT2D eigenvalue weighted by Crippen LogP contribution is 2.21. The fraction of sp³-hybridized carbons (Fsp3) is 0.833. The molecule has 1 aliphatic carbocycles. The molecule has 0 unspecified atom stereocenters. The normalized spacial score (nSPS) is 18.7. The van der Waals surface area contributed by atoms with E-state index in [-0.39, 0.29) is 24.0 Å². The Hall–Kier alpha value is -0.680. The lowest BCUT2D eigenvalue weighted by Crippen LogP contribution is -2.52. The summed E-state index contributed by atoms with van der Waals surface area (Å²) < 4.78 is 10.3. The number of hydrogen-bond donors (Lipinski definition) is 1. The average Bonchev–Trinajstić information content (AvgIpc) is 3.36. The van der Waals surface area contributed by atoms with Gasteiger partial charge in [0, 0.05) is 64.3 Å². The summed E-state index contributed by atoms with van der Waals surface area (Å²) in [6, 6.07) is 0. The summed E-state index contributed by atoms with van der Waals surface area (Å²) in [5.41, 5.74) is 0. The van der Waals surface area contributed by atoms with Gasteiger partial charge in [-0.05, 0) is 19.3 Å². The number of hydrogen-bond acceptors (Lipinski definition) is 6. The second-order valence-electron chi connectivity index (χ2n) is 6.93. The lowest BCUT2D eigenvalue weighted by molar-refractivity contribution is 0.0573. The van der Waals surface area contributed by atoms with Crippen LogP contribution >= 0.6 is 35.5 Å². The number of halogens is 1. The van der Waals surface area contributed by atoms with Crippen molar-refractivity contribution in [2.24, 2.45) is 4.99 Å². The van der Waals surface area contributed by atoms with Crippen LogP contribution in [-0.4, -0.2) is 72.7 Å². The van der Waals surface area contributed by atoms with Crippen LogP contribution in [0.5, 0.6) is 0 Å². The lowest BCUT2D eigenvalue weighted by atomic mass is 10.3. The third-order valence-corrected chi connectivity index (χ3v) is 5.91. The molecular formula is C18H33IN6OS. The minimum absolute atomic E-state index is 0. The van der Waals surface area contributed by atoms with Gasteiger partial charge >= 0.3 is 0 Å². The molecule has 1 saturated heterocycles. The van der Waals surface area contributed by atoms with Gasteiger partial charge in [0.05, 0.1) is 6.10 Å². The first kappa shape index (κ1) is 22.6. The minimum atomic E-state index is 0. The maximum absolute atomic E-state index is 5.93. The third-order valence-electron chi connectivity index (χ3n) is 5.10. The number of piperazine rings is 1. The molecule has 27 heavy (non-hydrogen) atoms. The van der Waals surface area contributed by atoms with E-state index in [1.807, 2.05) is 7.05 Å². The smallest absolute Gasteiger partial charge is 0.205 e. The monoisotopic (exact) mass is 508 g/mol. The van der Waals surface area contributed by atoms with E-state index in [1.54, 1.807) is 0 Å². The Morgan fingerprint density at radius 1 is 1.26 bits per heavy atom. The third kappa shape index (κ3) is 6.70. The number of ether oxygens (including phenoxy) is 1. The molecule has 1 aliphatic heterocycles. The van der Waals surface area contributed by atoms with Crippen LogP contribution in [-0.2, 0) is 11.2 Å². The van der Waals surface area contributed by atoms with Gasteiger partial charge in [-0.3, -0.25) is 4.99 Å². The Morgan fingerprint density at radius 3 is 2.63 bits per heavy atom. The maximum atomic E-state index is 5.93. The van der Waals surface area contributed by atoms with E-state index in [0.717, 1.165) is 69.1 Å². The lowest BCUT2D eigenvalue weighted by Gasteiger charge is -2.36. The Morgan fingerprint density at radius 2 is 2.00 bits per heavy atom. The molecule has 154 valence electrons. The molecule has 2 fully saturated rings. The van der Waals surface area contributed by atoms with Gasteiger partial charge in [0.2, 0.25) is 5.13 Å². The number of nitrogens with one attached hydrogen (secondary N) is 1. The van der Waals surface area contributed by atoms with Crippen LogP contribution in [0.15, 0.2) is 4.99 Å². The van der Waals surface area contributed by atoms with E-state index in [2.05, 4.69) is 36.4 Å². The van der Waals surface area contributed by atoms with Gasteiger partial charge in [0.1, 0.15) is 5.82 Å². The maximum Gasteiger partial charge on any atom is 0.205 e. The van der Waals surface area contributed by atoms with Crippen molar-refractivity contribution in [3.63, 3.8) is 0 Å². The topological polar surface area (TPSA) is 65.9 Å². The van der Waals surface area contributed by atoms with Gasteiger partial charge in [0.25, 0.3) is 0 Å². The molecule has 3 rings (SSSR count). The fourth-order valence-corrected chi connectivity index (χ4v) is 4.34. The summed E-state index contributed by atoms with van der Waals surface area (Å²) in [5.74, 6) is 1.95. The SMILES string of the molecule is CCc1nsc(N2CCN(C(=NC)NCCCOC3CCCC3)CC2)n1.I. The van der Waals surface area contributed by atoms with Gasteiger partial charge in [-0.1, -0.05) is 19.8 Å². The predicted molar refractivity (Wildman–Crippen MR) is 123 cm³/mol. The minimum Gasteiger partial charge on any atom is -0.378 e. The quantitative estimate of drug-likeness (QED) is 0.265. The first-order chi connectivity index (χ1) is 12.8. The zero-order chi connectivity index (χ0) is 18.2. The number of anilines is 1. The summed E-state index contributed by atoms with van der Waals surface area (Å²) in [5, 5.41) is 4.53. The first-order valence-electron chi connectivity index (χ1n) is 9.95. The molecule has 2 aliphatic rings. The van der Waals surface area contributed by atoms with Crippen molar-refractivity contribution in [2.75, 3.05) is 51.3 Å². The van der Waals surface area contributed by atoms with Gasteiger partial charge in [-0.25, -0.2) is 4.98 Å². The molecule has 0 spiro atoms. The number of aryl methyl sites for hydroxylation is 1. The second kappa shape index (κ2) is 12.0. The zero-order valence-corrected chi connectivity index (χ0v) is 19.7. The van der Waals surface area contributed by atoms with E-state index in [1.165, 1.54) is 37.2 Å².